The molecule has 1 aromatic rings. The third kappa shape index (κ3) is 1.41. The van der Waals surface area contributed by atoms with Gasteiger partial charge in [-0.25, -0.2) is 0 Å². The van der Waals surface area contributed by atoms with E-state index in [1.807, 2.05) is 20.8 Å². The molecule has 11 heavy (non-hydrogen) atoms. The van der Waals surface area contributed by atoms with Crippen LogP contribution >= 0.6 is 12.2 Å². The highest BCUT2D eigenvalue weighted by Crippen LogP contribution is 2.10. The van der Waals surface area contributed by atoms with Crippen molar-refractivity contribution >= 4 is 29.2 Å². The van der Waals surface area contributed by atoms with E-state index in [-0.39, 0.29) is 0 Å². The van der Waals surface area contributed by atoms with Crippen LogP contribution in [0, 0.1) is 20.8 Å². The molecule has 1 heterocycles. The lowest BCUT2D eigenvalue weighted by Crippen LogP contribution is -2.08. The topological polar surface area (TPSA) is 17.8 Å². The van der Waals surface area contributed by atoms with Gasteiger partial charge in [0.25, 0.3) is 0 Å². The molecular weight excluding hydrogens is 176 g/mol. The van der Waals surface area contributed by atoms with Gasteiger partial charge in [0.1, 0.15) is 0 Å². The van der Waals surface area contributed by atoms with Gasteiger partial charge in [-0.05, 0) is 30.7 Å². The lowest BCUT2D eigenvalue weighted by molar-refractivity contribution is 0.906. The zero-order valence-corrected chi connectivity index (χ0v) is 8.34. The van der Waals surface area contributed by atoms with Gasteiger partial charge in [0.2, 0.25) is 0 Å². The predicted molar refractivity (Wildman–Crippen MR) is 51.8 cm³/mol. The Morgan fingerprint density at radius 1 is 1.45 bits per heavy atom. The van der Waals surface area contributed by atoms with Crippen LogP contribution in [0.25, 0.3) is 0 Å². The summed E-state index contributed by atoms with van der Waals surface area (Å²) in [5.41, 5.74) is 3.20. The Bertz CT molecular complexity index is 302. The van der Waals surface area contributed by atoms with Crippen LogP contribution in [0.2, 0.25) is 0 Å². The molecule has 0 N–H and O–H groups in total. The predicted octanol–water partition coefficient (Wildman–Crippen LogP) is 1.49. The Morgan fingerprint density at radius 2 is 2.00 bits per heavy atom. The number of hydrogen-bond acceptors (Lipinski definition) is 3. The first kappa shape index (κ1) is 8.62. The molecule has 0 saturated heterocycles. The van der Waals surface area contributed by atoms with E-state index < -0.39 is 0 Å². The van der Waals surface area contributed by atoms with E-state index in [4.69, 9.17) is 24.8 Å². The average Bonchev–Trinajstić information content (AvgIpc) is 2.17. The number of aryl methyl sites for hydroxylation is 1. The summed E-state index contributed by atoms with van der Waals surface area (Å²) in [6.07, 6.45) is 0. The Balaban J connectivity index is 3.29. The fraction of sp³-hybridized carbons (Fsp3) is 0.429. The van der Waals surface area contributed by atoms with Crippen LogP contribution in [0.4, 0.5) is 0 Å². The highest BCUT2D eigenvalue weighted by Gasteiger charge is 2.04. The number of rotatable bonds is 0. The van der Waals surface area contributed by atoms with Gasteiger partial charge in [0.15, 0.2) is 0 Å². The third-order valence-electron chi connectivity index (χ3n) is 1.83. The number of thiocarbonyl (C=S) groups is 1. The zero-order valence-electron chi connectivity index (χ0n) is 6.71. The largest absolute Gasteiger partial charge is 0.409 e. The van der Waals surface area contributed by atoms with Crippen molar-refractivity contribution in [1.82, 2.24) is 9.78 Å². The first-order chi connectivity index (χ1) is 5.04. The Hall–Kier alpha value is -0.480. The lowest BCUT2D eigenvalue weighted by Gasteiger charge is -2.06. The summed E-state index contributed by atoms with van der Waals surface area (Å²) in [6, 6.07) is 0. The van der Waals surface area contributed by atoms with Crippen molar-refractivity contribution in [1.29, 1.82) is 0 Å². The summed E-state index contributed by atoms with van der Waals surface area (Å²) in [7, 11) is 0. The summed E-state index contributed by atoms with van der Waals surface area (Å²) in [6.45, 7) is 5.93. The van der Waals surface area contributed by atoms with E-state index in [2.05, 4.69) is 5.10 Å². The van der Waals surface area contributed by atoms with Crippen molar-refractivity contribution in [3.63, 3.8) is 0 Å². The quantitative estimate of drug-likeness (QED) is 0.450. The maximum atomic E-state index is 4.84. The smallest absolute Gasteiger partial charge is 0.0629 e. The first-order valence-electron chi connectivity index (χ1n) is 3.28. The van der Waals surface area contributed by atoms with Crippen LogP contribution in [0.5, 0.6) is 0 Å². The third-order valence-corrected chi connectivity index (χ3v) is 2.17. The van der Waals surface area contributed by atoms with E-state index in [0.717, 1.165) is 17.0 Å². The Morgan fingerprint density at radius 3 is 2.18 bits per heavy atom. The Labute approximate surface area is 77.0 Å². The monoisotopic (exact) mass is 185 g/mol. The summed E-state index contributed by atoms with van der Waals surface area (Å²) in [5.74, 6) is 0. The molecule has 0 amide bonds. The Kier molecular flexibility index (Phi) is 2.25. The molecule has 0 aliphatic carbocycles. The van der Waals surface area contributed by atoms with Gasteiger partial charge in [-0.1, -0.05) is 0 Å². The van der Waals surface area contributed by atoms with Crippen molar-refractivity contribution in [3.8, 4) is 0 Å². The standard InChI is InChI=1S/C7H10N2S2/c1-4-5(2)8-9(6(4)3)7(10)11/h1-3H3,(H,10,11)/p-1. The van der Waals surface area contributed by atoms with Crippen LogP contribution in [0.15, 0.2) is 0 Å². The molecule has 1 aromatic heterocycles. The van der Waals surface area contributed by atoms with Crippen molar-refractivity contribution in [2.24, 2.45) is 0 Å². The second-order valence-electron chi connectivity index (χ2n) is 2.47. The fourth-order valence-corrected chi connectivity index (χ4v) is 1.25. The zero-order chi connectivity index (χ0) is 8.59. The summed E-state index contributed by atoms with van der Waals surface area (Å²) in [4.78, 5) is 0. The molecule has 4 heteroatoms. The molecule has 60 valence electrons. The normalized spacial score (nSPS) is 10.1. The highest BCUT2D eigenvalue weighted by molar-refractivity contribution is 8.00. The van der Waals surface area contributed by atoms with E-state index in [0.29, 0.717) is 4.32 Å². The molecule has 0 atom stereocenters. The lowest BCUT2D eigenvalue weighted by atomic mass is 10.2. The second kappa shape index (κ2) is 2.87. The minimum atomic E-state index is 0.388. The maximum absolute atomic E-state index is 4.84. The molecule has 0 aromatic carbocycles. The molecule has 0 spiro atoms. The van der Waals surface area contributed by atoms with E-state index in [1.165, 1.54) is 0 Å². The van der Waals surface area contributed by atoms with E-state index >= 15 is 0 Å². The van der Waals surface area contributed by atoms with Crippen molar-refractivity contribution in [2.75, 3.05) is 0 Å². The van der Waals surface area contributed by atoms with E-state index in [1.54, 1.807) is 4.68 Å². The summed E-state index contributed by atoms with van der Waals surface area (Å²) in [5, 5.41) is 4.18. The minimum absolute atomic E-state index is 0.388. The van der Waals surface area contributed by atoms with Crippen LogP contribution in [0.3, 0.4) is 0 Å². The fourth-order valence-electron chi connectivity index (χ4n) is 0.898. The first-order valence-corrected chi connectivity index (χ1v) is 4.10. The number of aromatic nitrogens is 2. The van der Waals surface area contributed by atoms with Crippen molar-refractivity contribution in [2.45, 2.75) is 20.8 Å². The second-order valence-corrected chi connectivity index (χ2v) is 3.51. The molecular formula is C7H9N2S2-. The van der Waals surface area contributed by atoms with Gasteiger partial charge >= 0.3 is 0 Å². The molecule has 0 aliphatic heterocycles. The molecule has 2 nitrogen and oxygen atoms in total. The number of nitrogens with zero attached hydrogens (tertiary/aromatic N) is 2. The van der Waals surface area contributed by atoms with Crippen molar-refractivity contribution < 1.29 is 0 Å². The van der Waals surface area contributed by atoms with Gasteiger partial charge < -0.3 is 24.8 Å². The van der Waals surface area contributed by atoms with Crippen molar-refractivity contribution in [3.05, 3.63) is 17.0 Å². The van der Waals surface area contributed by atoms with Crippen LogP contribution in [0.1, 0.15) is 17.0 Å². The molecule has 0 fully saturated rings. The molecule has 0 aliphatic rings. The van der Waals surface area contributed by atoms with Gasteiger partial charge in [0.05, 0.1) is 5.69 Å². The average molecular weight is 185 g/mol. The number of hydrogen-bond donors (Lipinski definition) is 0. The minimum Gasteiger partial charge on any atom is -0.409 e. The van der Waals surface area contributed by atoms with Crippen LogP contribution < -0.4 is 0 Å². The molecule has 0 saturated carbocycles. The molecule has 0 bridgehead atoms. The van der Waals surface area contributed by atoms with E-state index in [9.17, 15) is 0 Å². The van der Waals surface area contributed by atoms with Crippen LogP contribution in [-0.4, -0.2) is 14.1 Å². The molecule has 0 radical (unpaired) electrons. The van der Waals surface area contributed by atoms with Gasteiger partial charge in [-0.15, -0.1) is 0 Å². The van der Waals surface area contributed by atoms with Crippen LogP contribution in [-0.2, 0) is 12.6 Å². The van der Waals surface area contributed by atoms with Gasteiger partial charge in [0, 0.05) is 5.69 Å². The molecule has 1 rings (SSSR count). The van der Waals surface area contributed by atoms with Gasteiger partial charge in [-0.2, -0.15) is 5.10 Å². The maximum Gasteiger partial charge on any atom is 0.0629 e. The molecule has 0 unspecified atom stereocenters. The SMILES string of the molecule is Cc1nn(C(=S)[S-])c(C)c1C. The highest BCUT2D eigenvalue weighted by atomic mass is 32.1. The summed E-state index contributed by atoms with van der Waals surface area (Å²) < 4.78 is 2.01. The summed E-state index contributed by atoms with van der Waals surface area (Å²) >= 11 is 9.68. The van der Waals surface area contributed by atoms with Gasteiger partial charge in [-0.3, -0.25) is 4.68 Å².